The topological polar surface area (TPSA) is 51.5 Å². The fraction of sp³-hybridized carbons (Fsp3) is 0.267. The molecule has 2 aromatic rings. The van der Waals surface area contributed by atoms with Gasteiger partial charge in [0.05, 0.1) is 19.2 Å². The molecule has 4 nitrogen and oxygen atoms in total. The van der Waals surface area contributed by atoms with Crippen molar-refractivity contribution >= 4 is 21.9 Å². The molecule has 1 aromatic carbocycles. The van der Waals surface area contributed by atoms with Gasteiger partial charge in [-0.3, -0.25) is 0 Å². The number of furan rings is 1. The zero-order valence-corrected chi connectivity index (χ0v) is 12.9. The number of carbonyl (C=O) groups excluding carboxylic acids is 1. The summed E-state index contributed by atoms with van der Waals surface area (Å²) in [4.78, 5) is 11.3. The Morgan fingerprint density at radius 1 is 1.40 bits per heavy atom. The van der Waals surface area contributed by atoms with E-state index in [0.717, 1.165) is 4.47 Å². The monoisotopic (exact) mass is 337 g/mol. The van der Waals surface area contributed by atoms with Crippen molar-refractivity contribution in [3.8, 4) is 0 Å². The summed E-state index contributed by atoms with van der Waals surface area (Å²) in [6.45, 7) is 2.63. The largest absolute Gasteiger partial charge is 0.467 e. The average molecular weight is 338 g/mol. The lowest BCUT2D eigenvalue weighted by Crippen LogP contribution is -2.17. The van der Waals surface area contributed by atoms with Gasteiger partial charge < -0.3 is 14.5 Å². The van der Waals surface area contributed by atoms with E-state index < -0.39 is 0 Å². The van der Waals surface area contributed by atoms with Crippen LogP contribution in [0.1, 0.15) is 34.6 Å². The lowest BCUT2D eigenvalue weighted by molar-refractivity contribution is 0.0600. The Bertz CT molecular complexity index is 577. The van der Waals surface area contributed by atoms with Gasteiger partial charge in [0.25, 0.3) is 0 Å². The van der Waals surface area contributed by atoms with Gasteiger partial charge in [-0.15, -0.1) is 0 Å². The Labute approximate surface area is 126 Å². The number of methoxy groups -OCH3 is 1. The Kier molecular flexibility index (Phi) is 4.98. The van der Waals surface area contributed by atoms with Gasteiger partial charge in [-0.1, -0.05) is 28.1 Å². The first-order valence-corrected chi connectivity index (χ1v) is 7.04. The minimum Gasteiger partial charge on any atom is -0.467 e. The Hall–Kier alpha value is -1.59. The number of carbonyl (C=O) groups is 1. The summed E-state index contributed by atoms with van der Waals surface area (Å²) in [5.41, 5.74) is 1.62. The maximum atomic E-state index is 11.3. The fourth-order valence-electron chi connectivity index (χ4n) is 1.82. The van der Waals surface area contributed by atoms with Crippen LogP contribution in [0.5, 0.6) is 0 Å². The number of benzene rings is 1. The van der Waals surface area contributed by atoms with E-state index in [0.29, 0.717) is 17.9 Å². The van der Waals surface area contributed by atoms with Crippen LogP contribution in [0.4, 0.5) is 0 Å². The highest BCUT2D eigenvalue weighted by Crippen LogP contribution is 2.17. The standard InChI is InChI=1S/C15H16BrNO3/c1-10(11-3-5-13(16)6-4-11)17-8-14-7-12(9-20-14)15(18)19-2/h3-7,9-10,17H,8H2,1-2H3. The molecule has 0 saturated carbocycles. The van der Waals surface area contributed by atoms with Crippen LogP contribution >= 0.6 is 15.9 Å². The molecule has 0 bridgehead atoms. The molecule has 0 aliphatic heterocycles. The first-order valence-electron chi connectivity index (χ1n) is 6.24. The molecule has 0 aliphatic rings. The second-order valence-corrected chi connectivity index (χ2v) is 5.36. The lowest BCUT2D eigenvalue weighted by Gasteiger charge is -2.13. The van der Waals surface area contributed by atoms with Crippen molar-refractivity contribution in [2.75, 3.05) is 7.11 Å². The van der Waals surface area contributed by atoms with Crippen LogP contribution in [0, 0.1) is 0 Å². The van der Waals surface area contributed by atoms with E-state index in [-0.39, 0.29) is 12.0 Å². The number of nitrogens with one attached hydrogen (secondary N) is 1. The van der Waals surface area contributed by atoms with Crippen molar-refractivity contribution < 1.29 is 13.9 Å². The SMILES string of the molecule is COC(=O)c1coc(CNC(C)c2ccc(Br)cc2)c1. The second kappa shape index (κ2) is 6.72. The fourth-order valence-corrected chi connectivity index (χ4v) is 2.09. The van der Waals surface area contributed by atoms with Gasteiger partial charge in [-0.2, -0.15) is 0 Å². The number of halogens is 1. The highest BCUT2D eigenvalue weighted by atomic mass is 79.9. The highest BCUT2D eigenvalue weighted by Gasteiger charge is 2.11. The van der Waals surface area contributed by atoms with Crippen LogP contribution < -0.4 is 5.32 Å². The molecule has 2 rings (SSSR count). The van der Waals surface area contributed by atoms with Gasteiger partial charge in [0.2, 0.25) is 0 Å². The van der Waals surface area contributed by atoms with Crippen molar-refractivity contribution in [2.45, 2.75) is 19.5 Å². The third-order valence-electron chi connectivity index (χ3n) is 3.03. The molecule has 0 radical (unpaired) electrons. The normalized spacial score (nSPS) is 12.2. The summed E-state index contributed by atoms with van der Waals surface area (Å²) in [7, 11) is 1.35. The summed E-state index contributed by atoms with van der Waals surface area (Å²) in [6, 6.07) is 10.0. The van der Waals surface area contributed by atoms with E-state index in [1.807, 2.05) is 12.1 Å². The highest BCUT2D eigenvalue weighted by molar-refractivity contribution is 9.10. The van der Waals surface area contributed by atoms with Crippen LogP contribution in [0.25, 0.3) is 0 Å². The molecular weight excluding hydrogens is 322 g/mol. The minimum atomic E-state index is -0.388. The third-order valence-corrected chi connectivity index (χ3v) is 3.56. The lowest BCUT2D eigenvalue weighted by atomic mass is 10.1. The summed E-state index contributed by atoms with van der Waals surface area (Å²) in [6.07, 6.45) is 1.41. The molecule has 5 heteroatoms. The van der Waals surface area contributed by atoms with Gasteiger partial charge in [0.15, 0.2) is 0 Å². The van der Waals surface area contributed by atoms with Crippen LogP contribution in [0.3, 0.4) is 0 Å². The predicted molar refractivity (Wildman–Crippen MR) is 79.4 cm³/mol. The molecule has 20 heavy (non-hydrogen) atoms. The molecule has 1 unspecified atom stereocenters. The first kappa shape index (κ1) is 14.8. The Morgan fingerprint density at radius 3 is 2.75 bits per heavy atom. The van der Waals surface area contributed by atoms with Crippen molar-refractivity contribution in [3.05, 3.63) is 58.0 Å². The Balaban J connectivity index is 1.93. The van der Waals surface area contributed by atoms with Crippen molar-refractivity contribution in [1.29, 1.82) is 0 Å². The maximum absolute atomic E-state index is 11.3. The number of ether oxygens (including phenoxy) is 1. The predicted octanol–water partition coefficient (Wildman–Crippen LogP) is 3.68. The molecule has 1 atom stereocenters. The van der Waals surface area contributed by atoms with E-state index in [9.17, 15) is 4.79 Å². The molecular formula is C15H16BrNO3. The van der Waals surface area contributed by atoms with Gasteiger partial charge in [0, 0.05) is 10.5 Å². The summed E-state index contributed by atoms with van der Waals surface area (Å²) >= 11 is 3.41. The number of hydrogen-bond donors (Lipinski definition) is 1. The van der Waals surface area contributed by atoms with Gasteiger partial charge in [-0.05, 0) is 30.7 Å². The molecule has 106 valence electrons. The van der Waals surface area contributed by atoms with Crippen LogP contribution in [0.15, 0.2) is 45.5 Å². The molecule has 0 fully saturated rings. The number of esters is 1. The first-order chi connectivity index (χ1) is 9.60. The average Bonchev–Trinajstić information content (AvgIpc) is 2.93. The van der Waals surface area contributed by atoms with E-state index in [4.69, 9.17) is 4.42 Å². The van der Waals surface area contributed by atoms with Crippen molar-refractivity contribution in [2.24, 2.45) is 0 Å². The van der Waals surface area contributed by atoms with Crippen LogP contribution in [0.2, 0.25) is 0 Å². The summed E-state index contributed by atoms with van der Waals surface area (Å²) in [5, 5.41) is 3.34. The van der Waals surface area contributed by atoms with E-state index in [2.05, 4.69) is 45.0 Å². The minimum absolute atomic E-state index is 0.190. The zero-order chi connectivity index (χ0) is 14.5. The summed E-state index contributed by atoms with van der Waals surface area (Å²) in [5.74, 6) is 0.315. The van der Waals surface area contributed by atoms with Crippen molar-refractivity contribution in [1.82, 2.24) is 5.32 Å². The molecule has 1 N–H and O–H groups in total. The van der Waals surface area contributed by atoms with Crippen molar-refractivity contribution in [3.63, 3.8) is 0 Å². The third kappa shape index (κ3) is 3.71. The summed E-state index contributed by atoms with van der Waals surface area (Å²) < 4.78 is 11.0. The molecule has 1 aromatic heterocycles. The Morgan fingerprint density at radius 2 is 2.10 bits per heavy atom. The molecule has 0 amide bonds. The van der Waals surface area contributed by atoms with Crippen LogP contribution in [-0.2, 0) is 11.3 Å². The zero-order valence-electron chi connectivity index (χ0n) is 11.4. The van der Waals surface area contributed by atoms with Gasteiger partial charge >= 0.3 is 5.97 Å². The second-order valence-electron chi connectivity index (χ2n) is 4.45. The maximum Gasteiger partial charge on any atom is 0.341 e. The molecule has 0 spiro atoms. The van der Waals surface area contributed by atoms with Gasteiger partial charge in [0.1, 0.15) is 12.0 Å². The quantitative estimate of drug-likeness (QED) is 0.845. The smallest absolute Gasteiger partial charge is 0.341 e. The molecule has 0 aliphatic carbocycles. The molecule has 0 saturated heterocycles. The number of rotatable bonds is 5. The molecule has 1 heterocycles. The van der Waals surface area contributed by atoms with E-state index in [1.54, 1.807) is 6.07 Å². The number of hydrogen-bond acceptors (Lipinski definition) is 4. The van der Waals surface area contributed by atoms with E-state index >= 15 is 0 Å². The van der Waals surface area contributed by atoms with E-state index in [1.165, 1.54) is 18.9 Å². The van der Waals surface area contributed by atoms with Gasteiger partial charge in [-0.25, -0.2) is 4.79 Å². The van der Waals surface area contributed by atoms with Crippen LogP contribution in [-0.4, -0.2) is 13.1 Å².